The predicted molar refractivity (Wildman–Crippen MR) is 150 cm³/mol. The first kappa shape index (κ1) is 25.8. The molecule has 0 fully saturated rings. The number of carbonyl (C=O) groups is 2. The van der Waals surface area contributed by atoms with Crippen LogP contribution in [-0.4, -0.2) is 17.6 Å². The van der Waals surface area contributed by atoms with Gasteiger partial charge in [-0.05, 0) is 48.7 Å². The van der Waals surface area contributed by atoms with E-state index in [0.717, 1.165) is 17.7 Å². The van der Waals surface area contributed by atoms with E-state index in [1.165, 1.54) is 17.3 Å². The van der Waals surface area contributed by atoms with E-state index in [9.17, 15) is 14.9 Å². The van der Waals surface area contributed by atoms with Crippen molar-refractivity contribution >= 4 is 35.0 Å². The minimum atomic E-state index is -0.566. The van der Waals surface area contributed by atoms with E-state index in [2.05, 4.69) is 28.9 Å². The number of nitrogens with zero attached hydrogens (tertiary/aromatic N) is 1. The summed E-state index contributed by atoms with van der Waals surface area (Å²) >= 11 is 1.25. The number of rotatable bonds is 8. The van der Waals surface area contributed by atoms with Crippen molar-refractivity contribution in [3.63, 3.8) is 0 Å². The van der Waals surface area contributed by atoms with Crippen LogP contribution in [0, 0.1) is 11.3 Å². The summed E-state index contributed by atoms with van der Waals surface area (Å²) in [4.78, 5) is 26.1. The van der Waals surface area contributed by atoms with E-state index < -0.39 is 5.92 Å². The molecule has 0 saturated carbocycles. The number of hydrogen-bond donors (Lipinski definition) is 3. The maximum Gasteiger partial charge on any atom is 0.254 e. The number of carbonyl (C=O) groups excluding carboxylic acids is 2. The first-order chi connectivity index (χ1) is 18.0. The van der Waals surface area contributed by atoms with Crippen LogP contribution in [0.2, 0.25) is 0 Å². The number of nitrogens with one attached hydrogen (secondary N) is 3. The molecular weight excluding hydrogens is 480 g/mol. The molecule has 3 aromatic carbocycles. The Bertz CT molecular complexity index is 1370. The molecule has 37 heavy (non-hydrogen) atoms. The summed E-state index contributed by atoms with van der Waals surface area (Å²) in [6, 6.07) is 28.8. The van der Waals surface area contributed by atoms with Crippen LogP contribution in [0.15, 0.2) is 107 Å². The SMILES string of the molecule is CCc1ccc(NC(=O)CSC2=C(C#N)[C@H](c3ccccc3)C(C(=O)Nc3ccccc3)=C(C)N2)cc1. The van der Waals surface area contributed by atoms with E-state index in [-0.39, 0.29) is 17.6 Å². The van der Waals surface area contributed by atoms with Gasteiger partial charge >= 0.3 is 0 Å². The Balaban J connectivity index is 1.58. The maximum atomic E-state index is 13.4. The van der Waals surface area contributed by atoms with Gasteiger partial charge in [0.1, 0.15) is 0 Å². The van der Waals surface area contributed by atoms with Crippen molar-refractivity contribution in [3.05, 3.63) is 118 Å². The molecule has 0 aromatic heterocycles. The number of dihydropyridines is 1. The van der Waals surface area contributed by atoms with Crippen molar-refractivity contribution in [1.82, 2.24) is 5.32 Å². The minimum absolute atomic E-state index is 0.114. The van der Waals surface area contributed by atoms with Crippen LogP contribution >= 0.6 is 11.8 Å². The van der Waals surface area contributed by atoms with E-state index in [1.807, 2.05) is 91.9 Å². The van der Waals surface area contributed by atoms with E-state index in [1.54, 1.807) is 0 Å². The third kappa shape index (κ3) is 6.29. The van der Waals surface area contributed by atoms with Gasteiger partial charge in [-0.1, -0.05) is 79.3 Å². The number of hydrogen-bond acceptors (Lipinski definition) is 5. The monoisotopic (exact) mass is 508 g/mol. The number of aryl methyl sites for hydroxylation is 1. The number of nitriles is 1. The lowest BCUT2D eigenvalue weighted by Crippen LogP contribution is -2.31. The van der Waals surface area contributed by atoms with Crippen molar-refractivity contribution in [2.75, 3.05) is 16.4 Å². The van der Waals surface area contributed by atoms with Gasteiger partial charge in [0, 0.05) is 22.6 Å². The molecule has 0 unspecified atom stereocenters. The van der Waals surface area contributed by atoms with Crippen molar-refractivity contribution in [1.29, 1.82) is 5.26 Å². The van der Waals surface area contributed by atoms with Gasteiger partial charge in [0.15, 0.2) is 0 Å². The molecule has 1 aliphatic rings. The molecule has 6 nitrogen and oxygen atoms in total. The summed E-state index contributed by atoms with van der Waals surface area (Å²) < 4.78 is 0. The molecule has 2 amide bonds. The fourth-order valence-corrected chi connectivity index (χ4v) is 5.08. The third-order valence-electron chi connectivity index (χ3n) is 6.05. The topological polar surface area (TPSA) is 94.0 Å². The molecule has 1 atom stereocenters. The number of allylic oxidation sites excluding steroid dienone is 2. The summed E-state index contributed by atoms with van der Waals surface area (Å²) in [5.41, 5.74) is 4.94. The smallest absolute Gasteiger partial charge is 0.254 e. The second-order valence-electron chi connectivity index (χ2n) is 8.57. The van der Waals surface area contributed by atoms with Gasteiger partial charge in [-0.25, -0.2) is 0 Å². The van der Waals surface area contributed by atoms with Crippen molar-refractivity contribution < 1.29 is 9.59 Å². The van der Waals surface area contributed by atoms with Crippen LogP contribution in [0.3, 0.4) is 0 Å². The van der Waals surface area contributed by atoms with Gasteiger partial charge in [-0.3, -0.25) is 9.59 Å². The maximum absolute atomic E-state index is 13.4. The molecule has 0 aliphatic carbocycles. The number of benzene rings is 3. The normalized spacial score (nSPS) is 15.0. The Morgan fingerprint density at radius 1 is 0.919 bits per heavy atom. The van der Waals surface area contributed by atoms with E-state index >= 15 is 0 Å². The fourth-order valence-electron chi connectivity index (χ4n) is 4.18. The first-order valence-electron chi connectivity index (χ1n) is 12.0. The van der Waals surface area contributed by atoms with E-state index in [4.69, 9.17) is 0 Å². The third-order valence-corrected chi connectivity index (χ3v) is 7.07. The molecule has 186 valence electrons. The largest absolute Gasteiger partial charge is 0.353 e. The van der Waals surface area contributed by atoms with Crippen molar-refractivity contribution in [2.24, 2.45) is 0 Å². The van der Waals surface area contributed by atoms with Gasteiger partial charge in [0.05, 0.1) is 28.3 Å². The van der Waals surface area contributed by atoms with Crippen LogP contribution in [0.4, 0.5) is 11.4 Å². The van der Waals surface area contributed by atoms with Gasteiger partial charge in [0.25, 0.3) is 5.91 Å². The average molecular weight is 509 g/mol. The van der Waals surface area contributed by atoms with Crippen molar-refractivity contribution in [3.8, 4) is 6.07 Å². The Morgan fingerprint density at radius 3 is 2.16 bits per heavy atom. The highest BCUT2D eigenvalue weighted by Crippen LogP contribution is 2.40. The Labute approximate surface area is 221 Å². The lowest BCUT2D eigenvalue weighted by atomic mass is 9.82. The standard InChI is InChI=1S/C30H28N4O2S/c1-3-21-14-16-24(17-15-21)33-26(35)19-37-30-25(18-31)28(22-10-6-4-7-11-22)27(20(2)32-30)29(36)34-23-12-8-5-9-13-23/h4-17,28,32H,3,19H2,1-2H3,(H,33,35)(H,34,36)/t28-/m0/s1. The summed E-state index contributed by atoms with van der Waals surface area (Å²) in [6.45, 7) is 3.90. The number of thioether (sulfide) groups is 1. The van der Waals surface area contributed by atoms with Crippen LogP contribution in [0.5, 0.6) is 0 Å². The fraction of sp³-hybridized carbons (Fsp3) is 0.167. The van der Waals surface area contributed by atoms with Crippen molar-refractivity contribution in [2.45, 2.75) is 26.2 Å². The molecule has 7 heteroatoms. The molecule has 1 heterocycles. The molecular formula is C30H28N4O2S. The number of anilines is 2. The molecule has 1 aliphatic heterocycles. The quantitative estimate of drug-likeness (QED) is 0.349. The molecule has 3 aromatic rings. The Hall–Kier alpha value is -4.28. The highest BCUT2D eigenvalue weighted by atomic mass is 32.2. The zero-order valence-corrected chi connectivity index (χ0v) is 21.6. The van der Waals surface area contributed by atoms with Gasteiger partial charge in [-0.2, -0.15) is 5.26 Å². The van der Waals surface area contributed by atoms with Gasteiger partial charge in [-0.15, -0.1) is 0 Å². The van der Waals surface area contributed by atoms with Crippen LogP contribution in [0.1, 0.15) is 30.9 Å². The van der Waals surface area contributed by atoms with Gasteiger partial charge < -0.3 is 16.0 Å². The average Bonchev–Trinajstić information content (AvgIpc) is 2.92. The molecule has 0 spiro atoms. The van der Waals surface area contributed by atoms with Crippen LogP contribution in [0.25, 0.3) is 0 Å². The zero-order chi connectivity index (χ0) is 26.2. The summed E-state index contributed by atoms with van der Waals surface area (Å²) in [7, 11) is 0. The molecule has 0 radical (unpaired) electrons. The second-order valence-corrected chi connectivity index (χ2v) is 9.56. The molecule has 0 bridgehead atoms. The summed E-state index contributed by atoms with van der Waals surface area (Å²) in [6.07, 6.45) is 0.932. The molecule has 0 saturated heterocycles. The van der Waals surface area contributed by atoms with Crippen LogP contribution < -0.4 is 16.0 Å². The molecule has 3 N–H and O–H groups in total. The minimum Gasteiger partial charge on any atom is -0.353 e. The summed E-state index contributed by atoms with van der Waals surface area (Å²) in [5.74, 6) is -0.909. The Kier molecular flexibility index (Phi) is 8.44. The number of amides is 2. The molecule has 4 rings (SSSR count). The zero-order valence-electron chi connectivity index (χ0n) is 20.7. The highest BCUT2D eigenvalue weighted by Gasteiger charge is 2.34. The predicted octanol–water partition coefficient (Wildman–Crippen LogP) is 5.96. The van der Waals surface area contributed by atoms with E-state index in [0.29, 0.717) is 27.6 Å². The van der Waals surface area contributed by atoms with Gasteiger partial charge in [0.2, 0.25) is 5.91 Å². The summed E-state index contributed by atoms with van der Waals surface area (Å²) in [5, 5.41) is 19.9. The lowest BCUT2D eigenvalue weighted by molar-refractivity contribution is -0.114. The van der Waals surface area contributed by atoms with Crippen LogP contribution in [-0.2, 0) is 16.0 Å². The first-order valence-corrected chi connectivity index (χ1v) is 13.0. The Morgan fingerprint density at radius 2 is 1.54 bits per heavy atom. The second kappa shape index (κ2) is 12.1. The number of para-hydroxylation sites is 1. The lowest BCUT2D eigenvalue weighted by Gasteiger charge is -2.29. The highest BCUT2D eigenvalue weighted by molar-refractivity contribution is 8.03.